The summed E-state index contributed by atoms with van der Waals surface area (Å²) in [5, 5.41) is 2.24. The number of nitrogens with zero attached hydrogens (tertiary/aromatic N) is 1. The van der Waals surface area contributed by atoms with Gasteiger partial charge in [-0.2, -0.15) is 0 Å². The Kier molecular flexibility index (Phi) is 2.67. The monoisotopic (exact) mass is 271 g/mol. The summed E-state index contributed by atoms with van der Waals surface area (Å²) in [6.45, 7) is 1.03. The Hall–Kier alpha value is -1.76. The number of hydrogen-bond acceptors (Lipinski definition) is 2. The Labute approximate surface area is 107 Å². The maximum Gasteiger partial charge on any atom is 0.321 e. The van der Waals surface area contributed by atoms with Crippen LogP contribution in [0, 0.1) is 29.3 Å². The van der Waals surface area contributed by atoms with Gasteiger partial charge >= 0.3 is 6.03 Å². The number of rotatable bonds is 1. The van der Waals surface area contributed by atoms with Gasteiger partial charge in [-0.3, -0.25) is 0 Å². The standard InChI is InChI=1S/C12H12F3N3O/c13-7-1-9(15)10(2-8(7)14)17-12(19)18-3-5-6(4-18)11(5)16/h1-2,5-6,11H,3-4,16H2,(H,17,19)/t5-,6+,11?. The van der Waals surface area contributed by atoms with E-state index < -0.39 is 23.5 Å². The van der Waals surface area contributed by atoms with E-state index in [1.165, 1.54) is 4.90 Å². The van der Waals surface area contributed by atoms with Crippen LogP contribution < -0.4 is 11.1 Å². The minimum absolute atomic E-state index is 0.143. The summed E-state index contributed by atoms with van der Waals surface area (Å²) in [6.07, 6.45) is 0. The van der Waals surface area contributed by atoms with Gasteiger partial charge in [-0.25, -0.2) is 18.0 Å². The molecule has 102 valence electrons. The van der Waals surface area contributed by atoms with Gasteiger partial charge in [0.2, 0.25) is 0 Å². The SMILES string of the molecule is NC1[C@H]2CN(C(=O)Nc3cc(F)c(F)cc3F)C[C@@H]12. The number of nitrogens with two attached hydrogens (primary N) is 1. The number of nitrogens with one attached hydrogen (secondary N) is 1. The van der Waals surface area contributed by atoms with Gasteiger partial charge in [0.05, 0.1) is 5.69 Å². The zero-order chi connectivity index (χ0) is 13.7. The van der Waals surface area contributed by atoms with Gasteiger partial charge in [0.1, 0.15) is 5.82 Å². The molecule has 3 atom stereocenters. The van der Waals surface area contributed by atoms with Crippen molar-refractivity contribution in [1.82, 2.24) is 4.90 Å². The molecule has 19 heavy (non-hydrogen) atoms. The molecule has 1 saturated heterocycles. The van der Waals surface area contributed by atoms with Crippen LogP contribution in [0.3, 0.4) is 0 Å². The second-order valence-electron chi connectivity index (χ2n) is 4.99. The average molecular weight is 271 g/mol. The molecule has 3 rings (SSSR count). The van der Waals surface area contributed by atoms with Gasteiger partial charge in [-0.05, 0) is 11.8 Å². The Bertz CT molecular complexity index is 539. The third-order valence-electron chi connectivity index (χ3n) is 3.80. The molecule has 2 aliphatic rings. The minimum atomic E-state index is -1.29. The Morgan fingerprint density at radius 1 is 1.16 bits per heavy atom. The maximum atomic E-state index is 13.4. The first-order valence-corrected chi connectivity index (χ1v) is 5.93. The van der Waals surface area contributed by atoms with Gasteiger partial charge in [0.15, 0.2) is 11.6 Å². The molecule has 1 heterocycles. The minimum Gasteiger partial charge on any atom is -0.327 e. The number of carbonyl (C=O) groups is 1. The predicted octanol–water partition coefficient (Wildman–Crippen LogP) is 1.52. The lowest BCUT2D eigenvalue weighted by atomic mass is 10.3. The van der Waals surface area contributed by atoms with Gasteiger partial charge in [0.25, 0.3) is 0 Å². The van der Waals surface area contributed by atoms with E-state index >= 15 is 0 Å². The summed E-state index contributed by atoms with van der Waals surface area (Å²) in [4.78, 5) is 13.3. The fourth-order valence-electron chi connectivity index (χ4n) is 2.55. The lowest BCUT2D eigenvalue weighted by Crippen LogP contribution is -2.37. The molecular weight excluding hydrogens is 259 g/mol. The zero-order valence-corrected chi connectivity index (χ0v) is 9.87. The number of urea groups is 1. The molecule has 2 fully saturated rings. The van der Waals surface area contributed by atoms with Crippen molar-refractivity contribution in [2.75, 3.05) is 18.4 Å². The van der Waals surface area contributed by atoms with Crippen LogP contribution in [0.1, 0.15) is 0 Å². The highest BCUT2D eigenvalue weighted by Crippen LogP contribution is 2.43. The molecule has 1 saturated carbocycles. The van der Waals surface area contributed by atoms with Crippen molar-refractivity contribution in [3.8, 4) is 0 Å². The lowest BCUT2D eigenvalue weighted by molar-refractivity contribution is 0.216. The van der Waals surface area contributed by atoms with Crippen molar-refractivity contribution in [2.24, 2.45) is 17.6 Å². The topological polar surface area (TPSA) is 58.4 Å². The fraction of sp³-hybridized carbons (Fsp3) is 0.417. The second-order valence-corrected chi connectivity index (χ2v) is 4.99. The van der Waals surface area contributed by atoms with Gasteiger partial charge in [-0.1, -0.05) is 0 Å². The molecule has 0 bridgehead atoms. The van der Waals surface area contributed by atoms with Crippen molar-refractivity contribution in [1.29, 1.82) is 0 Å². The van der Waals surface area contributed by atoms with Crippen molar-refractivity contribution in [3.05, 3.63) is 29.6 Å². The summed E-state index contributed by atoms with van der Waals surface area (Å²) in [5.41, 5.74) is 5.37. The van der Waals surface area contributed by atoms with E-state index in [1.54, 1.807) is 0 Å². The number of piperidine rings is 1. The highest BCUT2D eigenvalue weighted by Gasteiger charge is 2.54. The van der Waals surface area contributed by atoms with Crippen LogP contribution in [0.15, 0.2) is 12.1 Å². The molecule has 0 spiro atoms. The number of fused-ring (bicyclic) bond motifs is 1. The van der Waals surface area contributed by atoms with E-state index in [0.717, 1.165) is 0 Å². The molecule has 0 aromatic heterocycles. The molecule has 1 aromatic carbocycles. The highest BCUT2D eigenvalue weighted by atomic mass is 19.2. The molecule has 2 amide bonds. The van der Waals surface area contributed by atoms with Crippen LogP contribution in [-0.2, 0) is 0 Å². The zero-order valence-electron chi connectivity index (χ0n) is 9.87. The van der Waals surface area contributed by atoms with Crippen LogP contribution in [0.4, 0.5) is 23.7 Å². The summed E-state index contributed by atoms with van der Waals surface area (Å²) < 4.78 is 39.1. The van der Waals surface area contributed by atoms with Gasteiger partial charge in [-0.15, -0.1) is 0 Å². The number of halogens is 3. The number of amides is 2. The normalized spacial score (nSPS) is 28.2. The summed E-state index contributed by atoms with van der Waals surface area (Å²) in [5.74, 6) is -2.89. The van der Waals surface area contributed by atoms with Crippen molar-refractivity contribution >= 4 is 11.7 Å². The summed E-state index contributed by atoms with van der Waals surface area (Å²) >= 11 is 0. The summed E-state index contributed by atoms with van der Waals surface area (Å²) in [7, 11) is 0. The Morgan fingerprint density at radius 3 is 2.37 bits per heavy atom. The van der Waals surface area contributed by atoms with Crippen molar-refractivity contribution in [2.45, 2.75) is 6.04 Å². The summed E-state index contributed by atoms with van der Waals surface area (Å²) in [6, 6.07) is 0.654. The van der Waals surface area contributed by atoms with Crippen LogP contribution in [0.25, 0.3) is 0 Å². The number of likely N-dealkylation sites (tertiary alicyclic amines) is 1. The number of carbonyl (C=O) groups excluding carboxylic acids is 1. The molecule has 1 unspecified atom stereocenters. The highest BCUT2D eigenvalue weighted by molar-refractivity contribution is 5.89. The van der Waals surface area contributed by atoms with Crippen LogP contribution in [-0.4, -0.2) is 30.1 Å². The molecule has 0 radical (unpaired) electrons. The van der Waals surface area contributed by atoms with E-state index in [4.69, 9.17) is 5.73 Å². The van der Waals surface area contributed by atoms with Crippen LogP contribution in [0.2, 0.25) is 0 Å². The van der Waals surface area contributed by atoms with Crippen molar-refractivity contribution < 1.29 is 18.0 Å². The fourth-order valence-corrected chi connectivity index (χ4v) is 2.55. The van der Waals surface area contributed by atoms with Crippen molar-refractivity contribution in [3.63, 3.8) is 0 Å². The lowest BCUT2D eigenvalue weighted by Gasteiger charge is -2.19. The predicted molar refractivity (Wildman–Crippen MR) is 61.9 cm³/mol. The molecule has 4 nitrogen and oxygen atoms in total. The third-order valence-corrected chi connectivity index (χ3v) is 3.80. The first-order valence-electron chi connectivity index (χ1n) is 5.93. The van der Waals surface area contributed by atoms with Gasteiger partial charge in [0, 0.05) is 31.3 Å². The first-order chi connectivity index (χ1) is 8.97. The molecule has 1 aliphatic heterocycles. The molecule has 1 aliphatic carbocycles. The molecular formula is C12H12F3N3O. The van der Waals surface area contributed by atoms with E-state index in [1.807, 2.05) is 0 Å². The second kappa shape index (κ2) is 4.12. The first kappa shape index (κ1) is 12.3. The third kappa shape index (κ3) is 2.03. The number of benzene rings is 1. The van der Waals surface area contributed by atoms with Crippen LogP contribution >= 0.6 is 0 Å². The largest absolute Gasteiger partial charge is 0.327 e. The molecule has 1 aromatic rings. The van der Waals surface area contributed by atoms with E-state index in [0.29, 0.717) is 37.1 Å². The average Bonchev–Trinajstić information content (AvgIpc) is 2.78. The smallest absolute Gasteiger partial charge is 0.321 e. The molecule has 7 heteroatoms. The Balaban J connectivity index is 1.68. The number of hydrogen-bond donors (Lipinski definition) is 2. The van der Waals surface area contributed by atoms with E-state index in [9.17, 15) is 18.0 Å². The quantitative estimate of drug-likeness (QED) is 0.761. The molecule has 3 N–H and O–H groups in total. The van der Waals surface area contributed by atoms with E-state index in [-0.39, 0.29) is 11.7 Å². The van der Waals surface area contributed by atoms with E-state index in [2.05, 4.69) is 5.32 Å². The number of anilines is 1. The Morgan fingerprint density at radius 2 is 1.74 bits per heavy atom. The van der Waals surface area contributed by atoms with Crippen LogP contribution in [0.5, 0.6) is 0 Å². The maximum absolute atomic E-state index is 13.4. The van der Waals surface area contributed by atoms with Gasteiger partial charge < -0.3 is 16.0 Å².